The zero-order valence-electron chi connectivity index (χ0n) is 23.1. The standard InChI is InChI=1S/C26H48P2.C5H7O2.Pt/c1-5-13-23(14-6-1)27(24-15-7-2-8-16-24)21-22-28(25-17-9-3-10-18-25)26-19-11-4-12-20-26;1-2-3-4-5(6)7;/h23-26H,1-22H2;2-3H,1,4H2,(H,6,7);/q;-1;/p+2. The molecule has 2 nitrogen and oxygen atoms in total. The molecule has 36 heavy (non-hydrogen) atoms. The Morgan fingerprint density at radius 3 is 1.11 bits per heavy atom. The van der Waals surface area contributed by atoms with Gasteiger partial charge in [0.05, 0.1) is 35.0 Å². The molecule has 0 saturated heterocycles. The van der Waals surface area contributed by atoms with Crippen molar-refractivity contribution in [3.05, 3.63) is 19.1 Å². The van der Waals surface area contributed by atoms with E-state index in [0.717, 1.165) is 0 Å². The van der Waals surface area contributed by atoms with Crippen LogP contribution >= 0.6 is 15.8 Å². The average Bonchev–Trinajstić information content (AvgIpc) is 2.92. The van der Waals surface area contributed by atoms with Crippen molar-refractivity contribution in [2.45, 2.75) is 157 Å². The van der Waals surface area contributed by atoms with Crippen LogP contribution in [0.4, 0.5) is 0 Å². The van der Waals surface area contributed by atoms with E-state index in [1.54, 1.807) is 141 Å². The summed E-state index contributed by atoms with van der Waals surface area (Å²) < 4.78 is 0. The van der Waals surface area contributed by atoms with Crippen LogP contribution in [0.5, 0.6) is 0 Å². The predicted molar refractivity (Wildman–Crippen MR) is 161 cm³/mol. The van der Waals surface area contributed by atoms with Crippen LogP contribution in [0.15, 0.2) is 12.7 Å². The van der Waals surface area contributed by atoms with Gasteiger partial charge in [0.2, 0.25) is 0 Å². The second-order valence-corrected chi connectivity index (χ2v) is 18.6. The Balaban J connectivity index is 0.000000503. The molecule has 0 amide bonds. The molecule has 4 aliphatic carbocycles. The number of hydrogen-bond acceptors (Lipinski definition) is 1. The predicted octanol–water partition coefficient (Wildman–Crippen LogP) is 9.59. The van der Waals surface area contributed by atoms with Crippen LogP contribution in [0.25, 0.3) is 0 Å². The van der Waals surface area contributed by atoms with Crippen molar-refractivity contribution in [1.82, 2.24) is 0 Å². The third-order valence-electron chi connectivity index (χ3n) is 9.68. The molecule has 0 aliphatic heterocycles. The summed E-state index contributed by atoms with van der Waals surface area (Å²) >= 11 is 0. The maximum absolute atomic E-state index is 9.68. The molecule has 0 atom stereocenters. The van der Waals surface area contributed by atoms with Gasteiger partial charge in [-0.05, 0) is 109 Å². The average molecular weight is 719 g/mol. The molecule has 1 N–H and O–H groups in total. The summed E-state index contributed by atoms with van der Waals surface area (Å²) in [6, 6.07) is 0. The zero-order chi connectivity index (χ0) is 24.7. The number of carbonyl (C=O) groups is 1. The maximum Gasteiger partial charge on any atom is 0.290 e. The van der Waals surface area contributed by atoms with Gasteiger partial charge >= 0.3 is 0 Å². The Morgan fingerprint density at radius 1 is 0.639 bits per heavy atom. The summed E-state index contributed by atoms with van der Waals surface area (Å²) in [5.41, 5.74) is 4.90. The summed E-state index contributed by atoms with van der Waals surface area (Å²) in [6.45, 7) is 3.31. The molecule has 4 rings (SSSR count). The van der Waals surface area contributed by atoms with E-state index in [2.05, 4.69) is 6.58 Å². The smallest absolute Gasteiger partial charge is 0.290 e. The van der Waals surface area contributed by atoms with E-state index in [4.69, 9.17) is 5.11 Å². The summed E-state index contributed by atoms with van der Waals surface area (Å²) in [7, 11) is -0.182. The first-order chi connectivity index (χ1) is 17.2. The van der Waals surface area contributed by atoms with E-state index < -0.39 is 5.97 Å². The Labute approximate surface area is 240 Å². The van der Waals surface area contributed by atoms with Gasteiger partial charge in [-0.2, -0.15) is 0 Å². The molecule has 0 aromatic heterocycles. The van der Waals surface area contributed by atoms with Gasteiger partial charge in [0.1, 0.15) is 0 Å². The number of allylic oxidation sites excluding steroid dienone is 1. The Hall–Kier alpha value is 0.628. The van der Waals surface area contributed by atoms with Gasteiger partial charge in [-0.3, -0.25) is 4.79 Å². The van der Waals surface area contributed by atoms with Crippen LogP contribution in [0.1, 0.15) is 135 Å². The molecular formula is C31H57O2P2Pt+. The number of carboxylic acids is 1. The number of aliphatic carboxylic acids is 1. The molecule has 0 bridgehead atoms. The SMILES string of the molecule is C1CCC([PH+](CC[PH+](C2CCCCC2)C2CCCCC2)C2CCCCC2)CC1.C=C[CH-]CC(=O)O.[Pt]. The second kappa shape index (κ2) is 19.6. The van der Waals surface area contributed by atoms with Crippen molar-refractivity contribution in [1.29, 1.82) is 0 Å². The molecule has 0 aromatic carbocycles. The Kier molecular flexibility index (Phi) is 17.9. The second-order valence-electron chi connectivity index (χ2n) is 12.1. The summed E-state index contributed by atoms with van der Waals surface area (Å²) in [5, 5.41) is 7.97. The van der Waals surface area contributed by atoms with Gasteiger partial charge in [0.25, 0.3) is 5.97 Å². The molecule has 0 aromatic rings. The normalized spacial score (nSPS) is 22.9. The monoisotopic (exact) mass is 718 g/mol. The molecule has 4 saturated carbocycles. The molecule has 4 fully saturated rings. The van der Waals surface area contributed by atoms with Gasteiger partial charge in [0, 0.05) is 36.9 Å². The van der Waals surface area contributed by atoms with Crippen LogP contribution < -0.4 is 0 Å². The molecule has 0 radical (unpaired) electrons. The van der Waals surface area contributed by atoms with Crippen LogP contribution in [-0.4, -0.2) is 46.0 Å². The third-order valence-corrected chi connectivity index (χ3v) is 18.3. The molecule has 0 unspecified atom stereocenters. The van der Waals surface area contributed by atoms with E-state index in [1.165, 1.54) is 35.1 Å². The molecule has 4 aliphatic rings. The van der Waals surface area contributed by atoms with E-state index in [-0.39, 0.29) is 43.3 Å². The number of hydrogen-bond donors (Lipinski definition) is 1. The van der Waals surface area contributed by atoms with Crippen molar-refractivity contribution in [2.24, 2.45) is 0 Å². The van der Waals surface area contributed by atoms with E-state index >= 15 is 0 Å². The molecule has 0 spiro atoms. The number of rotatable bonds is 10. The van der Waals surface area contributed by atoms with E-state index in [0.29, 0.717) is 0 Å². The fourth-order valence-electron chi connectivity index (χ4n) is 7.85. The summed E-state index contributed by atoms with van der Waals surface area (Å²) in [5.74, 6) is -0.820. The quantitative estimate of drug-likeness (QED) is 0.181. The minimum atomic E-state index is -0.820. The van der Waals surface area contributed by atoms with Crippen molar-refractivity contribution in [2.75, 3.05) is 12.3 Å². The molecule has 0 heterocycles. The van der Waals surface area contributed by atoms with Crippen molar-refractivity contribution >= 4 is 21.8 Å². The van der Waals surface area contributed by atoms with Crippen molar-refractivity contribution in [3.8, 4) is 0 Å². The van der Waals surface area contributed by atoms with Crippen LogP contribution in [-0.2, 0) is 25.9 Å². The first kappa shape index (κ1) is 32.8. The fraction of sp³-hybridized carbons (Fsp3) is 0.871. The van der Waals surface area contributed by atoms with E-state index in [1.807, 2.05) is 0 Å². The minimum Gasteiger partial charge on any atom is -0.482 e. The maximum atomic E-state index is 9.68. The topological polar surface area (TPSA) is 37.3 Å². The van der Waals surface area contributed by atoms with Crippen LogP contribution in [0.2, 0.25) is 0 Å². The van der Waals surface area contributed by atoms with Gasteiger partial charge in [0.15, 0.2) is 0 Å². The van der Waals surface area contributed by atoms with E-state index in [9.17, 15) is 4.79 Å². The summed E-state index contributed by atoms with van der Waals surface area (Å²) in [4.78, 5) is 9.68. The minimum absolute atomic E-state index is 0. The van der Waals surface area contributed by atoms with Gasteiger partial charge in [-0.25, -0.2) is 19.1 Å². The molecule has 5 heteroatoms. The Bertz CT molecular complexity index is 501. The van der Waals surface area contributed by atoms with Crippen molar-refractivity contribution < 1.29 is 31.0 Å². The fourth-order valence-corrected chi connectivity index (χ4v) is 17.7. The van der Waals surface area contributed by atoms with Crippen LogP contribution in [0, 0.1) is 6.42 Å². The Morgan fingerprint density at radius 2 is 0.917 bits per heavy atom. The van der Waals surface area contributed by atoms with Gasteiger partial charge in [-0.1, -0.05) is 25.7 Å². The zero-order valence-corrected chi connectivity index (χ0v) is 27.4. The first-order valence-electron chi connectivity index (χ1n) is 15.6. The molecule has 212 valence electrons. The van der Waals surface area contributed by atoms with Crippen LogP contribution in [0.3, 0.4) is 0 Å². The largest absolute Gasteiger partial charge is 0.482 e. The van der Waals surface area contributed by atoms with Crippen molar-refractivity contribution in [3.63, 3.8) is 0 Å². The van der Waals surface area contributed by atoms with Gasteiger partial charge in [-0.15, -0.1) is 0 Å². The molecular weight excluding hydrogens is 661 g/mol. The number of carboxylic acid groups (broad SMARTS) is 1. The first-order valence-corrected chi connectivity index (χ1v) is 19.3. The third kappa shape index (κ3) is 11.8. The summed E-state index contributed by atoms with van der Waals surface area (Å²) in [6.07, 6.45) is 38.5. The van der Waals surface area contributed by atoms with Gasteiger partial charge < -0.3 is 5.11 Å².